The number of halogens is 1. The van der Waals surface area contributed by atoms with Gasteiger partial charge in [-0.1, -0.05) is 18.2 Å². The molecule has 0 saturated carbocycles. The van der Waals surface area contributed by atoms with Gasteiger partial charge in [0, 0.05) is 10.9 Å². The lowest BCUT2D eigenvalue weighted by molar-refractivity contribution is -0.115. The van der Waals surface area contributed by atoms with E-state index < -0.39 is 5.82 Å². The van der Waals surface area contributed by atoms with Gasteiger partial charge in [0.2, 0.25) is 5.91 Å². The Bertz CT molecular complexity index is 953. The molecule has 1 heterocycles. The summed E-state index contributed by atoms with van der Waals surface area (Å²) < 4.78 is 18.6. The fourth-order valence-corrected chi connectivity index (χ4v) is 3.27. The highest BCUT2D eigenvalue weighted by Gasteiger charge is 2.11. The highest BCUT2D eigenvalue weighted by molar-refractivity contribution is 7.14. The lowest BCUT2D eigenvalue weighted by Gasteiger charge is -2.05. The predicted molar refractivity (Wildman–Crippen MR) is 102 cm³/mol. The number of hydrogen-bond donors (Lipinski definition) is 1. The number of aryl methyl sites for hydroxylation is 2. The van der Waals surface area contributed by atoms with Crippen molar-refractivity contribution in [1.82, 2.24) is 4.98 Å². The number of rotatable bonds is 5. The van der Waals surface area contributed by atoms with Crippen LogP contribution in [0.2, 0.25) is 0 Å². The summed E-state index contributed by atoms with van der Waals surface area (Å²) in [6.45, 7) is 4.12. The Morgan fingerprint density at radius 2 is 2.00 bits per heavy atom. The van der Waals surface area contributed by atoms with Crippen LogP contribution in [0.15, 0.2) is 41.8 Å². The van der Waals surface area contributed by atoms with Crippen molar-refractivity contribution in [3.63, 3.8) is 0 Å². The number of amides is 1. The van der Waals surface area contributed by atoms with Crippen LogP contribution in [0.4, 0.5) is 9.52 Å². The van der Waals surface area contributed by atoms with Crippen molar-refractivity contribution in [2.45, 2.75) is 20.3 Å². The van der Waals surface area contributed by atoms with Crippen molar-refractivity contribution in [2.24, 2.45) is 0 Å². The van der Waals surface area contributed by atoms with Gasteiger partial charge < -0.3 is 10.1 Å². The molecule has 3 rings (SSSR count). The molecule has 0 unspecified atom stereocenters. The van der Waals surface area contributed by atoms with Crippen LogP contribution in [0.3, 0.4) is 0 Å². The van der Waals surface area contributed by atoms with Crippen molar-refractivity contribution in [3.8, 4) is 17.0 Å². The Balaban J connectivity index is 1.67. The van der Waals surface area contributed by atoms with Gasteiger partial charge in [0.15, 0.2) is 16.7 Å². The Morgan fingerprint density at radius 1 is 1.19 bits per heavy atom. The van der Waals surface area contributed by atoms with Crippen LogP contribution < -0.4 is 10.1 Å². The van der Waals surface area contributed by atoms with E-state index in [0.29, 0.717) is 10.7 Å². The van der Waals surface area contributed by atoms with Crippen LogP contribution in [-0.2, 0) is 11.2 Å². The van der Waals surface area contributed by atoms with Crippen molar-refractivity contribution >= 4 is 22.4 Å². The van der Waals surface area contributed by atoms with Gasteiger partial charge in [0.1, 0.15) is 0 Å². The lowest BCUT2D eigenvalue weighted by atomic mass is 10.1. The smallest absolute Gasteiger partial charge is 0.230 e. The Morgan fingerprint density at radius 3 is 2.69 bits per heavy atom. The number of carbonyl (C=O) groups excluding carboxylic acids is 1. The van der Waals surface area contributed by atoms with Gasteiger partial charge in [0.25, 0.3) is 0 Å². The first kappa shape index (κ1) is 18.1. The number of benzene rings is 2. The van der Waals surface area contributed by atoms with Crippen LogP contribution in [0.25, 0.3) is 11.3 Å². The molecule has 1 N–H and O–H groups in total. The maximum absolute atomic E-state index is 13.7. The molecular weight excluding hydrogens is 351 g/mol. The van der Waals surface area contributed by atoms with Crippen molar-refractivity contribution in [1.29, 1.82) is 0 Å². The minimum Gasteiger partial charge on any atom is -0.494 e. The number of methoxy groups -OCH3 is 1. The van der Waals surface area contributed by atoms with Crippen LogP contribution in [0.1, 0.15) is 16.7 Å². The van der Waals surface area contributed by atoms with E-state index >= 15 is 0 Å². The van der Waals surface area contributed by atoms with Gasteiger partial charge in [-0.2, -0.15) is 0 Å². The molecule has 0 spiro atoms. The normalized spacial score (nSPS) is 10.6. The molecule has 0 bridgehead atoms. The molecule has 0 aliphatic carbocycles. The minimum atomic E-state index is -0.482. The first-order valence-corrected chi connectivity index (χ1v) is 8.99. The molecule has 4 nitrogen and oxygen atoms in total. The molecule has 2 aromatic carbocycles. The summed E-state index contributed by atoms with van der Waals surface area (Å²) in [6.07, 6.45) is 0.0689. The molecule has 0 aliphatic heterocycles. The van der Waals surface area contributed by atoms with E-state index in [0.717, 1.165) is 11.3 Å². The van der Waals surface area contributed by atoms with Crippen molar-refractivity contribution in [3.05, 3.63) is 64.3 Å². The van der Waals surface area contributed by atoms with Gasteiger partial charge in [0.05, 0.1) is 19.2 Å². The van der Waals surface area contributed by atoms with E-state index in [1.165, 1.54) is 41.7 Å². The molecule has 0 saturated heterocycles. The first-order valence-electron chi connectivity index (χ1n) is 8.11. The number of aromatic nitrogens is 1. The summed E-state index contributed by atoms with van der Waals surface area (Å²) in [5.41, 5.74) is 4.84. The molecule has 6 heteroatoms. The van der Waals surface area contributed by atoms with Crippen LogP contribution >= 0.6 is 11.3 Å². The zero-order valence-corrected chi connectivity index (χ0v) is 15.6. The average Bonchev–Trinajstić information content (AvgIpc) is 3.06. The van der Waals surface area contributed by atoms with Gasteiger partial charge in [-0.05, 0) is 48.7 Å². The van der Waals surface area contributed by atoms with Gasteiger partial charge >= 0.3 is 0 Å². The summed E-state index contributed by atoms with van der Waals surface area (Å²) >= 11 is 1.37. The van der Waals surface area contributed by atoms with Gasteiger partial charge in [-0.15, -0.1) is 11.3 Å². The summed E-state index contributed by atoms with van der Waals surface area (Å²) in [5.74, 6) is -0.563. The molecule has 0 atom stereocenters. The molecule has 26 heavy (non-hydrogen) atoms. The molecule has 1 amide bonds. The molecule has 1 aromatic heterocycles. The number of anilines is 1. The summed E-state index contributed by atoms with van der Waals surface area (Å²) in [6, 6.07) is 10.6. The number of thiazole rings is 1. The second-order valence-corrected chi connectivity index (χ2v) is 6.89. The topological polar surface area (TPSA) is 51.2 Å². The highest BCUT2D eigenvalue weighted by Crippen LogP contribution is 2.26. The summed E-state index contributed by atoms with van der Waals surface area (Å²) in [5, 5.41) is 5.20. The quantitative estimate of drug-likeness (QED) is 0.705. The largest absolute Gasteiger partial charge is 0.494 e. The predicted octanol–water partition coefficient (Wildman–Crippen LogP) is 4.76. The maximum Gasteiger partial charge on any atom is 0.230 e. The lowest BCUT2D eigenvalue weighted by Crippen LogP contribution is -2.14. The third kappa shape index (κ3) is 4.08. The minimum absolute atomic E-state index is 0.0689. The van der Waals surface area contributed by atoms with E-state index in [4.69, 9.17) is 4.74 Å². The van der Waals surface area contributed by atoms with E-state index in [9.17, 15) is 9.18 Å². The van der Waals surface area contributed by atoms with Crippen LogP contribution in [0, 0.1) is 19.7 Å². The van der Waals surface area contributed by atoms with Gasteiger partial charge in [-0.3, -0.25) is 4.79 Å². The number of ether oxygens (including phenoxy) is 1. The SMILES string of the molecule is COc1ccc(CC(=O)Nc2nc(-c3ccc(C)c(C)c3)cs2)cc1F. The van der Waals surface area contributed by atoms with E-state index in [2.05, 4.69) is 36.3 Å². The van der Waals surface area contributed by atoms with Crippen LogP contribution in [-0.4, -0.2) is 18.0 Å². The van der Waals surface area contributed by atoms with Gasteiger partial charge in [-0.25, -0.2) is 9.37 Å². The van der Waals surface area contributed by atoms with E-state index in [1.54, 1.807) is 6.07 Å². The molecule has 0 fully saturated rings. The number of nitrogens with one attached hydrogen (secondary N) is 1. The molecule has 134 valence electrons. The Hall–Kier alpha value is -2.73. The highest BCUT2D eigenvalue weighted by atomic mass is 32.1. The van der Waals surface area contributed by atoms with Crippen LogP contribution in [0.5, 0.6) is 5.75 Å². The summed E-state index contributed by atoms with van der Waals surface area (Å²) in [4.78, 5) is 16.7. The number of carbonyl (C=O) groups is 1. The van der Waals surface area contributed by atoms with E-state index in [1.807, 2.05) is 11.4 Å². The standard InChI is InChI=1S/C20H19FN2O2S/c1-12-4-6-15(8-13(12)2)17-11-26-20(22-17)23-19(24)10-14-5-7-18(25-3)16(21)9-14/h4-9,11H,10H2,1-3H3,(H,22,23,24). The zero-order valence-electron chi connectivity index (χ0n) is 14.8. The Labute approximate surface area is 155 Å². The Kier molecular flexibility index (Phi) is 5.32. The second-order valence-electron chi connectivity index (χ2n) is 6.03. The monoisotopic (exact) mass is 370 g/mol. The molecule has 0 aliphatic rings. The van der Waals surface area contributed by atoms with Crippen molar-refractivity contribution < 1.29 is 13.9 Å². The first-order chi connectivity index (χ1) is 12.5. The fraction of sp³-hybridized carbons (Fsp3) is 0.200. The third-order valence-electron chi connectivity index (χ3n) is 4.13. The molecule has 0 radical (unpaired) electrons. The number of nitrogens with zero attached hydrogens (tertiary/aromatic N) is 1. The maximum atomic E-state index is 13.7. The fourth-order valence-electron chi connectivity index (χ4n) is 2.53. The molecule has 3 aromatic rings. The zero-order chi connectivity index (χ0) is 18.7. The average molecular weight is 370 g/mol. The molecular formula is C20H19FN2O2S. The van der Waals surface area contributed by atoms with Crippen molar-refractivity contribution in [2.75, 3.05) is 12.4 Å². The van der Waals surface area contributed by atoms with E-state index in [-0.39, 0.29) is 18.1 Å². The third-order valence-corrected chi connectivity index (χ3v) is 4.89. The second kappa shape index (κ2) is 7.66. The summed E-state index contributed by atoms with van der Waals surface area (Å²) in [7, 11) is 1.40. The number of hydrogen-bond acceptors (Lipinski definition) is 4.